The molecular formula is C16H29N3O2. The first-order valence-electron chi connectivity index (χ1n) is 8.11. The molecule has 4 unspecified atom stereocenters. The van der Waals surface area contributed by atoms with E-state index in [1.807, 2.05) is 6.92 Å². The number of amides is 3. The fourth-order valence-corrected chi connectivity index (χ4v) is 4.11. The maximum absolute atomic E-state index is 13.0. The first kappa shape index (κ1) is 16.3. The topological polar surface area (TPSA) is 61.4 Å². The number of urea groups is 1. The summed E-state index contributed by atoms with van der Waals surface area (Å²) in [5.41, 5.74) is -1.09. The normalized spacial score (nSPS) is 43.5. The Hall–Kier alpha value is -1.10. The van der Waals surface area contributed by atoms with Gasteiger partial charge in [-0.1, -0.05) is 20.8 Å². The van der Waals surface area contributed by atoms with Gasteiger partial charge in [0.05, 0.1) is 0 Å². The molecule has 0 saturated carbocycles. The summed E-state index contributed by atoms with van der Waals surface area (Å²) < 4.78 is 0. The number of rotatable bonds is 3. The average molecular weight is 295 g/mol. The third-order valence-corrected chi connectivity index (χ3v) is 5.98. The van der Waals surface area contributed by atoms with Crippen molar-refractivity contribution in [3.05, 3.63) is 0 Å². The van der Waals surface area contributed by atoms with Crippen LogP contribution in [0.5, 0.6) is 0 Å². The number of hydrogen-bond donors (Lipinski definition) is 2. The van der Waals surface area contributed by atoms with Crippen LogP contribution in [0.2, 0.25) is 0 Å². The number of piperidine rings is 1. The zero-order chi connectivity index (χ0) is 16.1. The van der Waals surface area contributed by atoms with Crippen LogP contribution in [0.25, 0.3) is 0 Å². The Kier molecular flexibility index (Phi) is 3.85. The first-order chi connectivity index (χ1) is 9.68. The van der Waals surface area contributed by atoms with Crippen molar-refractivity contribution >= 4 is 11.9 Å². The number of nitrogens with one attached hydrogen (secondary N) is 2. The molecule has 0 aromatic rings. The molecule has 2 N–H and O–H groups in total. The highest BCUT2D eigenvalue weighted by Gasteiger charge is 2.63. The molecule has 2 saturated heterocycles. The van der Waals surface area contributed by atoms with Crippen molar-refractivity contribution in [1.29, 1.82) is 0 Å². The second kappa shape index (κ2) is 4.97. The second-order valence-electron chi connectivity index (χ2n) is 7.16. The Balaban J connectivity index is 2.51. The molecule has 2 aliphatic heterocycles. The average Bonchev–Trinajstić information content (AvgIpc) is 2.67. The molecule has 21 heavy (non-hydrogen) atoms. The lowest BCUT2D eigenvalue weighted by Crippen LogP contribution is -2.74. The molecule has 2 heterocycles. The van der Waals surface area contributed by atoms with E-state index in [1.165, 1.54) is 4.90 Å². The van der Waals surface area contributed by atoms with Gasteiger partial charge in [-0.3, -0.25) is 9.69 Å². The van der Waals surface area contributed by atoms with E-state index >= 15 is 0 Å². The highest BCUT2D eigenvalue weighted by molar-refractivity contribution is 6.07. The van der Waals surface area contributed by atoms with E-state index in [9.17, 15) is 9.59 Å². The van der Waals surface area contributed by atoms with Gasteiger partial charge in [0, 0.05) is 23.5 Å². The Bertz CT molecular complexity index is 466. The minimum atomic E-state index is -0.770. The molecule has 5 nitrogen and oxygen atoms in total. The van der Waals surface area contributed by atoms with E-state index in [0.717, 1.165) is 12.8 Å². The molecule has 1 spiro atoms. The Morgan fingerprint density at radius 3 is 2.24 bits per heavy atom. The largest absolute Gasteiger partial charge is 0.325 e. The highest BCUT2D eigenvalue weighted by Crippen LogP contribution is 2.46. The summed E-state index contributed by atoms with van der Waals surface area (Å²) in [7, 11) is 0. The standard InChI is InChI=1S/C16H29N3O2/c1-7-14(5)10-16(11(4)15(6,8-2)18-14)12(20)19(9-3)13(21)17-16/h11,18H,7-10H2,1-6H3,(H,17,21). The van der Waals surface area contributed by atoms with E-state index in [2.05, 4.69) is 45.3 Å². The summed E-state index contributed by atoms with van der Waals surface area (Å²) in [6, 6.07) is -0.242. The van der Waals surface area contributed by atoms with Crippen LogP contribution in [-0.2, 0) is 4.79 Å². The predicted molar refractivity (Wildman–Crippen MR) is 83.0 cm³/mol. The van der Waals surface area contributed by atoms with E-state index in [1.54, 1.807) is 0 Å². The smallest absolute Gasteiger partial charge is 0.323 e. The lowest BCUT2D eigenvalue weighted by atomic mass is 9.61. The summed E-state index contributed by atoms with van der Waals surface area (Å²) in [6.45, 7) is 13.0. The number of nitrogens with zero attached hydrogens (tertiary/aromatic N) is 1. The van der Waals surface area contributed by atoms with E-state index in [-0.39, 0.29) is 28.9 Å². The van der Waals surface area contributed by atoms with Gasteiger partial charge in [0.1, 0.15) is 5.54 Å². The van der Waals surface area contributed by atoms with Gasteiger partial charge in [0.25, 0.3) is 5.91 Å². The van der Waals surface area contributed by atoms with Crippen molar-refractivity contribution in [1.82, 2.24) is 15.5 Å². The second-order valence-corrected chi connectivity index (χ2v) is 7.16. The lowest BCUT2D eigenvalue weighted by Gasteiger charge is -2.56. The molecule has 0 aromatic carbocycles. The van der Waals surface area contributed by atoms with Crippen molar-refractivity contribution in [2.24, 2.45) is 5.92 Å². The fourth-order valence-electron chi connectivity index (χ4n) is 4.11. The van der Waals surface area contributed by atoms with Gasteiger partial charge in [0.2, 0.25) is 0 Å². The number of carbonyl (C=O) groups excluding carboxylic acids is 2. The third-order valence-electron chi connectivity index (χ3n) is 5.98. The van der Waals surface area contributed by atoms with Crippen molar-refractivity contribution in [3.63, 3.8) is 0 Å². The maximum atomic E-state index is 13.0. The van der Waals surface area contributed by atoms with Crippen LogP contribution in [-0.4, -0.2) is 40.0 Å². The molecule has 3 amide bonds. The quantitative estimate of drug-likeness (QED) is 0.785. The van der Waals surface area contributed by atoms with E-state index < -0.39 is 5.54 Å². The van der Waals surface area contributed by atoms with Gasteiger partial charge in [-0.25, -0.2) is 4.79 Å². The number of likely N-dealkylation sites (N-methyl/N-ethyl adjacent to an activating group) is 1. The predicted octanol–water partition coefficient (Wildman–Crippen LogP) is 2.26. The molecule has 120 valence electrons. The molecule has 0 aromatic heterocycles. The van der Waals surface area contributed by atoms with Crippen LogP contribution < -0.4 is 10.6 Å². The van der Waals surface area contributed by atoms with Crippen LogP contribution in [0.1, 0.15) is 60.8 Å². The summed E-state index contributed by atoms with van der Waals surface area (Å²) in [5, 5.41) is 6.80. The monoisotopic (exact) mass is 295 g/mol. The van der Waals surface area contributed by atoms with Crippen molar-refractivity contribution < 1.29 is 9.59 Å². The van der Waals surface area contributed by atoms with Gasteiger partial charge in [0.15, 0.2) is 0 Å². The zero-order valence-corrected chi connectivity index (χ0v) is 14.2. The number of hydrogen-bond acceptors (Lipinski definition) is 3. The van der Waals surface area contributed by atoms with Crippen LogP contribution in [0.3, 0.4) is 0 Å². The Labute approximate surface area is 127 Å². The first-order valence-corrected chi connectivity index (χ1v) is 8.11. The fraction of sp³-hybridized carbons (Fsp3) is 0.875. The summed E-state index contributed by atoms with van der Waals surface area (Å²) >= 11 is 0. The van der Waals surface area contributed by atoms with Gasteiger partial charge in [-0.15, -0.1) is 0 Å². The molecule has 0 aliphatic carbocycles. The Morgan fingerprint density at radius 1 is 1.19 bits per heavy atom. The van der Waals surface area contributed by atoms with Crippen molar-refractivity contribution in [2.75, 3.05) is 6.54 Å². The molecule has 2 rings (SSSR count). The lowest BCUT2D eigenvalue weighted by molar-refractivity contribution is -0.138. The van der Waals surface area contributed by atoms with Crippen LogP contribution in [0.4, 0.5) is 4.79 Å². The molecular weight excluding hydrogens is 266 g/mol. The molecule has 0 bridgehead atoms. The summed E-state index contributed by atoms with van der Waals surface area (Å²) in [6.07, 6.45) is 2.49. The summed E-state index contributed by atoms with van der Waals surface area (Å²) in [5.74, 6) is -0.00836. The third kappa shape index (κ3) is 2.17. The highest BCUT2D eigenvalue weighted by atomic mass is 16.2. The SMILES string of the molecule is CCN1C(=O)NC2(CC(C)(CC)NC(C)(CC)C2C)C1=O. The van der Waals surface area contributed by atoms with Gasteiger partial charge in [-0.05, 0) is 40.0 Å². The summed E-state index contributed by atoms with van der Waals surface area (Å²) in [4.78, 5) is 26.5. The van der Waals surface area contributed by atoms with Gasteiger partial charge < -0.3 is 10.6 Å². The zero-order valence-electron chi connectivity index (χ0n) is 14.2. The minimum absolute atomic E-state index is 0.0441. The molecule has 2 fully saturated rings. The van der Waals surface area contributed by atoms with Crippen molar-refractivity contribution in [2.45, 2.75) is 77.4 Å². The van der Waals surface area contributed by atoms with Crippen LogP contribution in [0, 0.1) is 5.92 Å². The van der Waals surface area contributed by atoms with Gasteiger partial charge in [-0.2, -0.15) is 0 Å². The number of carbonyl (C=O) groups is 2. The maximum Gasteiger partial charge on any atom is 0.325 e. The van der Waals surface area contributed by atoms with Gasteiger partial charge >= 0.3 is 6.03 Å². The Morgan fingerprint density at radius 2 is 1.81 bits per heavy atom. The van der Waals surface area contributed by atoms with Crippen molar-refractivity contribution in [3.8, 4) is 0 Å². The minimum Gasteiger partial charge on any atom is -0.323 e. The molecule has 5 heteroatoms. The molecule has 2 aliphatic rings. The van der Waals surface area contributed by atoms with E-state index in [0.29, 0.717) is 13.0 Å². The molecule has 0 radical (unpaired) electrons. The van der Waals surface area contributed by atoms with E-state index in [4.69, 9.17) is 0 Å². The van der Waals surface area contributed by atoms with Crippen LogP contribution >= 0.6 is 0 Å². The number of imide groups is 1. The molecule has 4 atom stereocenters. The van der Waals surface area contributed by atoms with Crippen LogP contribution in [0.15, 0.2) is 0 Å².